The fourth-order valence-electron chi connectivity index (χ4n) is 4.98. The van der Waals surface area contributed by atoms with E-state index in [4.69, 9.17) is 0 Å². The number of amides is 1. The van der Waals surface area contributed by atoms with Gasteiger partial charge in [0.25, 0.3) is 0 Å². The lowest BCUT2D eigenvalue weighted by atomic mass is 10.0. The van der Waals surface area contributed by atoms with Crippen molar-refractivity contribution in [3.63, 3.8) is 0 Å². The minimum atomic E-state index is -0.618. The molecule has 1 amide bonds. The number of anilines is 2. The van der Waals surface area contributed by atoms with E-state index in [2.05, 4.69) is 26.2 Å². The number of nitrogens with one attached hydrogen (secondary N) is 1. The number of aliphatic hydroxyl groups is 1. The maximum atomic E-state index is 13.8. The number of nitrogens with zero attached hydrogens (tertiary/aromatic N) is 3. The third kappa shape index (κ3) is 5.05. The van der Waals surface area contributed by atoms with Crippen LogP contribution in [0.4, 0.5) is 15.9 Å². The standard InChI is InChI=1S/C27H31FN4O2/c28-21-10-7-19-4-3-5-24(22(19)18-21)32-16-14-31(15-17-32)13-2-1-6-25(33)23-11-8-20-9-12-26(34)30-27(20)29-23/h3-5,7-8,10-11,18,25,33H,1-2,6,9,12-17H2,(H,29,30,34). The van der Waals surface area contributed by atoms with Gasteiger partial charge in [-0.15, -0.1) is 0 Å². The number of fused-ring (bicyclic) bond motifs is 2. The molecule has 0 spiro atoms. The molecule has 1 aromatic heterocycles. The third-order valence-electron chi connectivity index (χ3n) is 6.96. The second-order valence-electron chi connectivity index (χ2n) is 9.27. The molecule has 1 atom stereocenters. The fourth-order valence-corrected chi connectivity index (χ4v) is 4.98. The van der Waals surface area contributed by atoms with Crippen molar-refractivity contribution in [1.82, 2.24) is 9.88 Å². The molecule has 0 saturated carbocycles. The van der Waals surface area contributed by atoms with Gasteiger partial charge in [0.05, 0.1) is 11.8 Å². The van der Waals surface area contributed by atoms with Gasteiger partial charge in [-0.3, -0.25) is 9.69 Å². The number of carbonyl (C=O) groups is 1. The Kier molecular flexibility index (Phi) is 6.74. The Morgan fingerprint density at radius 3 is 2.74 bits per heavy atom. The van der Waals surface area contributed by atoms with Crippen molar-refractivity contribution in [2.24, 2.45) is 0 Å². The molecular weight excluding hydrogens is 431 g/mol. The predicted molar refractivity (Wildman–Crippen MR) is 133 cm³/mol. The maximum absolute atomic E-state index is 13.8. The quantitative estimate of drug-likeness (QED) is 0.513. The summed E-state index contributed by atoms with van der Waals surface area (Å²) in [6.07, 6.45) is 3.16. The highest BCUT2D eigenvalue weighted by molar-refractivity contribution is 5.94. The molecule has 34 heavy (non-hydrogen) atoms. The summed E-state index contributed by atoms with van der Waals surface area (Å²) in [5.74, 6) is 0.384. The van der Waals surface area contributed by atoms with Crippen LogP contribution in [-0.2, 0) is 11.2 Å². The van der Waals surface area contributed by atoms with E-state index in [-0.39, 0.29) is 11.7 Å². The number of unbranched alkanes of at least 4 members (excludes halogenated alkanes) is 1. The van der Waals surface area contributed by atoms with Gasteiger partial charge in [0.1, 0.15) is 11.6 Å². The first-order chi connectivity index (χ1) is 16.6. The number of halogens is 1. The molecule has 3 aromatic rings. The Morgan fingerprint density at radius 1 is 1.03 bits per heavy atom. The van der Waals surface area contributed by atoms with Crippen molar-refractivity contribution in [2.75, 3.05) is 42.9 Å². The summed E-state index contributed by atoms with van der Waals surface area (Å²) in [7, 11) is 0. The number of hydrogen-bond acceptors (Lipinski definition) is 5. The summed E-state index contributed by atoms with van der Waals surface area (Å²) in [5.41, 5.74) is 2.76. The number of piperazine rings is 1. The van der Waals surface area contributed by atoms with E-state index in [1.165, 1.54) is 6.07 Å². The summed E-state index contributed by atoms with van der Waals surface area (Å²) in [5, 5.41) is 15.4. The van der Waals surface area contributed by atoms with Crippen molar-refractivity contribution in [2.45, 2.75) is 38.2 Å². The van der Waals surface area contributed by atoms with Crippen molar-refractivity contribution >= 4 is 28.2 Å². The van der Waals surface area contributed by atoms with E-state index >= 15 is 0 Å². The first-order valence-electron chi connectivity index (χ1n) is 12.2. The molecular formula is C27H31FN4O2. The molecule has 5 rings (SSSR count). The normalized spacial score (nSPS) is 17.5. The van der Waals surface area contributed by atoms with Gasteiger partial charge < -0.3 is 15.3 Å². The van der Waals surface area contributed by atoms with Crippen molar-refractivity contribution in [3.05, 3.63) is 65.6 Å². The number of rotatable bonds is 7. The van der Waals surface area contributed by atoms with Gasteiger partial charge in [-0.2, -0.15) is 0 Å². The molecule has 1 fully saturated rings. The predicted octanol–water partition coefficient (Wildman–Crippen LogP) is 4.28. The van der Waals surface area contributed by atoms with Crippen LogP contribution >= 0.6 is 0 Å². The van der Waals surface area contributed by atoms with E-state index in [1.54, 1.807) is 6.07 Å². The number of pyridine rings is 1. The SMILES string of the molecule is O=C1CCc2ccc(C(O)CCCCN3CCN(c4cccc5ccc(F)cc45)CC3)nc2N1. The molecule has 1 unspecified atom stereocenters. The minimum Gasteiger partial charge on any atom is -0.387 e. The number of benzene rings is 2. The summed E-state index contributed by atoms with van der Waals surface area (Å²) < 4.78 is 13.8. The summed E-state index contributed by atoms with van der Waals surface area (Å²) >= 11 is 0. The summed E-state index contributed by atoms with van der Waals surface area (Å²) in [4.78, 5) is 20.9. The Hall–Kier alpha value is -3.03. The zero-order valence-electron chi connectivity index (χ0n) is 19.3. The summed E-state index contributed by atoms with van der Waals surface area (Å²) in [6, 6.07) is 15.0. The van der Waals surface area contributed by atoms with Crippen LogP contribution in [0.1, 0.15) is 43.0 Å². The molecule has 0 bridgehead atoms. The van der Waals surface area contributed by atoms with Crippen LogP contribution in [0.2, 0.25) is 0 Å². The molecule has 178 valence electrons. The molecule has 2 N–H and O–H groups in total. The van der Waals surface area contributed by atoms with Gasteiger partial charge in [-0.1, -0.05) is 24.3 Å². The van der Waals surface area contributed by atoms with Crippen LogP contribution in [0.15, 0.2) is 48.5 Å². The average molecular weight is 463 g/mol. The number of aromatic nitrogens is 1. The number of aliphatic hydroxyl groups excluding tert-OH is 1. The second-order valence-corrected chi connectivity index (χ2v) is 9.27. The lowest BCUT2D eigenvalue weighted by Gasteiger charge is -2.36. The average Bonchev–Trinajstić information content (AvgIpc) is 2.86. The van der Waals surface area contributed by atoms with Crippen molar-refractivity contribution in [3.8, 4) is 0 Å². The minimum absolute atomic E-state index is 0.0145. The molecule has 2 aromatic carbocycles. The summed E-state index contributed by atoms with van der Waals surface area (Å²) in [6.45, 7) is 4.78. The Morgan fingerprint density at radius 2 is 1.88 bits per heavy atom. The van der Waals surface area contributed by atoms with Crippen LogP contribution < -0.4 is 10.2 Å². The van der Waals surface area contributed by atoms with Crippen LogP contribution in [-0.4, -0.2) is 53.6 Å². The van der Waals surface area contributed by atoms with Gasteiger partial charge >= 0.3 is 0 Å². The number of hydrogen-bond donors (Lipinski definition) is 2. The van der Waals surface area contributed by atoms with Crippen LogP contribution in [0, 0.1) is 5.82 Å². The van der Waals surface area contributed by atoms with Gasteiger partial charge in [0, 0.05) is 43.7 Å². The Labute approximate surface area is 199 Å². The van der Waals surface area contributed by atoms with Gasteiger partial charge in [0.15, 0.2) is 0 Å². The van der Waals surface area contributed by atoms with Crippen LogP contribution in [0.25, 0.3) is 10.8 Å². The van der Waals surface area contributed by atoms with Gasteiger partial charge in [-0.25, -0.2) is 9.37 Å². The van der Waals surface area contributed by atoms with Gasteiger partial charge in [-0.05, 0) is 67.4 Å². The molecule has 0 aliphatic carbocycles. The Balaban J connectivity index is 1.08. The number of aryl methyl sites for hydroxylation is 1. The monoisotopic (exact) mass is 462 g/mol. The van der Waals surface area contributed by atoms with Crippen molar-refractivity contribution in [1.29, 1.82) is 0 Å². The van der Waals surface area contributed by atoms with E-state index in [1.807, 2.05) is 30.3 Å². The fraction of sp³-hybridized carbons (Fsp3) is 0.407. The van der Waals surface area contributed by atoms with E-state index < -0.39 is 6.10 Å². The van der Waals surface area contributed by atoms with E-state index in [9.17, 15) is 14.3 Å². The first kappa shape index (κ1) is 22.7. The van der Waals surface area contributed by atoms with Crippen molar-refractivity contribution < 1.29 is 14.3 Å². The van der Waals surface area contributed by atoms with Gasteiger partial charge in [0.2, 0.25) is 5.91 Å². The molecule has 3 heterocycles. The zero-order valence-corrected chi connectivity index (χ0v) is 19.3. The van der Waals surface area contributed by atoms with E-state index in [0.29, 0.717) is 30.8 Å². The lowest BCUT2D eigenvalue weighted by Crippen LogP contribution is -2.46. The third-order valence-corrected chi connectivity index (χ3v) is 6.96. The smallest absolute Gasteiger partial charge is 0.225 e. The zero-order chi connectivity index (χ0) is 23.5. The molecule has 2 aliphatic rings. The maximum Gasteiger partial charge on any atom is 0.225 e. The topological polar surface area (TPSA) is 68.7 Å². The highest BCUT2D eigenvalue weighted by Crippen LogP contribution is 2.29. The van der Waals surface area contributed by atoms with Crippen LogP contribution in [0.5, 0.6) is 0 Å². The molecule has 2 aliphatic heterocycles. The highest BCUT2D eigenvalue weighted by atomic mass is 19.1. The highest BCUT2D eigenvalue weighted by Gasteiger charge is 2.20. The molecule has 6 nitrogen and oxygen atoms in total. The molecule has 7 heteroatoms. The second kappa shape index (κ2) is 10.1. The lowest BCUT2D eigenvalue weighted by molar-refractivity contribution is -0.116. The molecule has 0 radical (unpaired) electrons. The Bertz CT molecular complexity index is 1180. The van der Waals surface area contributed by atoms with Crippen LogP contribution in [0.3, 0.4) is 0 Å². The first-order valence-corrected chi connectivity index (χ1v) is 12.2. The van der Waals surface area contributed by atoms with E-state index in [0.717, 1.165) is 67.6 Å². The molecule has 1 saturated heterocycles. The largest absolute Gasteiger partial charge is 0.387 e. The number of carbonyl (C=O) groups excluding carboxylic acids is 1.